The van der Waals surface area contributed by atoms with Crippen LogP contribution in [0.25, 0.3) is 0 Å². The fraction of sp³-hybridized carbons (Fsp3) is 0.294. The van der Waals surface area contributed by atoms with E-state index in [-0.39, 0.29) is 5.69 Å². The summed E-state index contributed by atoms with van der Waals surface area (Å²) in [4.78, 5) is 25.3. The van der Waals surface area contributed by atoms with Crippen LogP contribution in [-0.4, -0.2) is 18.5 Å². The fourth-order valence-corrected chi connectivity index (χ4v) is 3.26. The number of carbonyl (C=O) groups excluding carboxylic acids is 2. The summed E-state index contributed by atoms with van der Waals surface area (Å²) < 4.78 is 18.5. The van der Waals surface area contributed by atoms with Crippen molar-refractivity contribution in [2.75, 3.05) is 11.9 Å². The van der Waals surface area contributed by atoms with Gasteiger partial charge in [0.15, 0.2) is 6.61 Å². The van der Waals surface area contributed by atoms with Crippen molar-refractivity contribution in [3.05, 3.63) is 50.4 Å². The zero-order valence-corrected chi connectivity index (χ0v) is 14.9. The molecular formula is C17H17ClFNO3S. The van der Waals surface area contributed by atoms with Crippen LogP contribution >= 0.6 is 22.9 Å². The van der Waals surface area contributed by atoms with Gasteiger partial charge in [-0.2, -0.15) is 0 Å². The van der Waals surface area contributed by atoms with Gasteiger partial charge in [-0.05, 0) is 43.2 Å². The van der Waals surface area contributed by atoms with Gasteiger partial charge in [-0.1, -0.05) is 24.9 Å². The van der Waals surface area contributed by atoms with Gasteiger partial charge in [-0.25, -0.2) is 9.18 Å². The maximum Gasteiger partial charge on any atom is 0.348 e. The molecule has 24 heavy (non-hydrogen) atoms. The van der Waals surface area contributed by atoms with Crippen LogP contribution in [0.2, 0.25) is 5.02 Å². The molecule has 128 valence electrons. The Kier molecular flexibility index (Phi) is 6.34. The minimum atomic E-state index is -0.633. The molecule has 4 nitrogen and oxygen atoms in total. The molecule has 0 spiro atoms. The molecule has 0 bridgehead atoms. The first-order valence-electron chi connectivity index (χ1n) is 7.42. The number of esters is 1. The first kappa shape index (κ1) is 18.4. The summed E-state index contributed by atoms with van der Waals surface area (Å²) in [6, 6.07) is 5.60. The summed E-state index contributed by atoms with van der Waals surface area (Å²) >= 11 is 7.09. The van der Waals surface area contributed by atoms with Gasteiger partial charge in [0.05, 0.1) is 5.69 Å². The van der Waals surface area contributed by atoms with E-state index < -0.39 is 24.3 Å². The first-order chi connectivity index (χ1) is 11.4. The van der Waals surface area contributed by atoms with E-state index in [4.69, 9.17) is 16.3 Å². The molecule has 0 aliphatic rings. The molecule has 0 unspecified atom stereocenters. The molecule has 2 rings (SSSR count). The number of amides is 1. The zero-order chi connectivity index (χ0) is 17.7. The average Bonchev–Trinajstić information content (AvgIpc) is 2.90. The van der Waals surface area contributed by atoms with Crippen molar-refractivity contribution in [2.24, 2.45) is 0 Å². The number of anilines is 1. The maximum absolute atomic E-state index is 13.5. The average molecular weight is 370 g/mol. The van der Waals surface area contributed by atoms with Crippen LogP contribution in [0.3, 0.4) is 0 Å². The number of benzene rings is 1. The van der Waals surface area contributed by atoms with Crippen molar-refractivity contribution in [2.45, 2.75) is 26.7 Å². The molecule has 0 aliphatic heterocycles. The Morgan fingerprint density at radius 1 is 1.33 bits per heavy atom. The summed E-state index contributed by atoms with van der Waals surface area (Å²) in [5, 5.41) is 2.62. The molecule has 7 heteroatoms. The number of carbonyl (C=O) groups is 2. The van der Waals surface area contributed by atoms with E-state index in [1.165, 1.54) is 23.5 Å². The monoisotopic (exact) mass is 369 g/mol. The van der Waals surface area contributed by atoms with Gasteiger partial charge >= 0.3 is 5.97 Å². The summed E-state index contributed by atoms with van der Waals surface area (Å²) in [5.74, 6) is -1.81. The Hall–Kier alpha value is -1.92. The van der Waals surface area contributed by atoms with E-state index in [0.29, 0.717) is 9.90 Å². The van der Waals surface area contributed by atoms with Gasteiger partial charge in [0.2, 0.25) is 0 Å². The topological polar surface area (TPSA) is 55.4 Å². The number of nitrogens with one attached hydrogen (secondary N) is 1. The minimum Gasteiger partial charge on any atom is -0.451 e. The zero-order valence-electron chi connectivity index (χ0n) is 13.3. The van der Waals surface area contributed by atoms with Crippen molar-refractivity contribution < 1.29 is 18.7 Å². The Labute approximate surface area is 148 Å². The van der Waals surface area contributed by atoms with Crippen molar-refractivity contribution in [3.8, 4) is 0 Å². The molecule has 1 heterocycles. The number of aryl methyl sites for hydroxylation is 2. The highest BCUT2D eigenvalue weighted by molar-refractivity contribution is 7.14. The van der Waals surface area contributed by atoms with Crippen LogP contribution in [0.1, 0.15) is 33.5 Å². The van der Waals surface area contributed by atoms with Crippen LogP contribution in [-0.2, 0) is 16.0 Å². The first-order valence-corrected chi connectivity index (χ1v) is 8.61. The van der Waals surface area contributed by atoms with Gasteiger partial charge < -0.3 is 10.1 Å². The largest absolute Gasteiger partial charge is 0.451 e. The third kappa shape index (κ3) is 4.79. The fourth-order valence-electron chi connectivity index (χ4n) is 2.12. The lowest BCUT2D eigenvalue weighted by Gasteiger charge is -2.07. The highest BCUT2D eigenvalue weighted by atomic mass is 35.5. The third-order valence-electron chi connectivity index (χ3n) is 3.28. The molecule has 1 amide bonds. The van der Waals surface area contributed by atoms with Gasteiger partial charge in [-0.3, -0.25) is 4.79 Å². The van der Waals surface area contributed by atoms with Crippen LogP contribution in [0.4, 0.5) is 10.1 Å². The highest BCUT2D eigenvalue weighted by Crippen LogP contribution is 2.23. The smallest absolute Gasteiger partial charge is 0.348 e. The lowest BCUT2D eigenvalue weighted by Crippen LogP contribution is -2.21. The van der Waals surface area contributed by atoms with Gasteiger partial charge in [0, 0.05) is 9.90 Å². The third-order valence-corrected chi connectivity index (χ3v) is 4.59. The number of ether oxygens (including phenoxy) is 1. The Bertz CT molecular complexity index is 760. The Morgan fingerprint density at radius 2 is 2.08 bits per heavy atom. The number of hydrogen-bond acceptors (Lipinski definition) is 4. The lowest BCUT2D eigenvalue weighted by atomic mass is 10.1. The van der Waals surface area contributed by atoms with Crippen LogP contribution < -0.4 is 5.32 Å². The molecule has 0 saturated carbocycles. The summed E-state index contributed by atoms with van der Waals surface area (Å²) in [6.45, 7) is 3.51. The predicted molar refractivity (Wildman–Crippen MR) is 93.4 cm³/mol. The summed E-state index contributed by atoms with van der Waals surface area (Å²) in [6.07, 6.45) is 1.88. The molecule has 0 saturated heterocycles. The van der Waals surface area contributed by atoms with Gasteiger partial charge in [0.1, 0.15) is 10.7 Å². The van der Waals surface area contributed by atoms with Gasteiger partial charge in [-0.15, -0.1) is 11.3 Å². The Balaban J connectivity index is 1.92. The molecule has 2 aromatic rings. The second-order valence-corrected chi connectivity index (χ2v) is 6.88. The van der Waals surface area contributed by atoms with E-state index in [2.05, 4.69) is 12.2 Å². The Morgan fingerprint density at radius 3 is 2.79 bits per heavy atom. The number of rotatable bonds is 6. The maximum atomic E-state index is 13.5. The second-order valence-electron chi connectivity index (χ2n) is 5.19. The molecule has 1 aromatic heterocycles. The van der Waals surface area contributed by atoms with E-state index in [1.807, 2.05) is 6.92 Å². The van der Waals surface area contributed by atoms with Gasteiger partial charge in [0.25, 0.3) is 5.91 Å². The van der Waals surface area contributed by atoms with E-state index in [0.717, 1.165) is 29.3 Å². The van der Waals surface area contributed by atoms with Crippen LogP contribution in [0.5, 0.6) is 0 Å². The molecule has 0 atom stereocenters. The van der Waals surface area contributed by atoms with E-state index >= 15 is 0 Å². The van der Waals surface area contributed by atoms with E-state index in [1.54, 1.807) is 6.07 Å². The molecule has 1 aromatic carbocycles. The quantitative estimate of drug-likeness (QED) is 0.757. The SMILES string of the molecule is CCCc1cc(C(=O)OCC(=O)Nc2cc(Cl)ccc2F)sc1C. The number of hydrogen-bond donors (Lipinski definition) is 1. The molecular weight excluding hydrogens is 353 g/mol. The lowest BCUT2D eigenvalue weighted by molar-refractivity contribution is -0.119. The van der Waals surface area contributed by atoms with Crippen molar-refractivity contribution in [1.82, 2.24) is 0 Å². The molecule has 0 fully saturated rings. The standard InChI is InChI=1S/C17H17ClFNO3S/c1-3-4-11-7-15(24-10(11)2)17(22)23-9-16(21)20-14-8-12(18)5-6-13(14)19/h5-8H,3-4,9H2,1-2H3,(H,20,21). The minimum absolute atomic E-state index is 0.0549. The van der Waals surface area contributed by atoms with Crippen molar-refractivity contribution in [3.63, 3.8) is 0 Å². The summed E-state index contributed by atoms with van der Waals surface area (Å²) in [7, 11) is 0. The highest BCUT2D eigenvalue weighted by Gasteiger charge is 2.15. The van der Waals surface area contributed by atoms with E-state index in [9.17, 15) is 14.0 Å². The number of halogens is 2. The molecule has 0 aliphatic carbocycles. The molecule has 0 radical (unpaired) electrons. The molecule has 1 N–H and O–H groups in total. The normalized spacial score (nSPS) is 10.5. The van der Waals surface area contributed by atoms with Crippen molar-refractivity contribution in [1.29, 1.82) is 0 Å². The van der Waals surface area contributed by atoms with Crippen LogP contribution in [0, 0.1) is 12.7 Å². The second kappa shape index (κ2) is 8.26. The number of thiophene rings is 1. The summed E-state index contributed by atoms with van der Waals surface area (Å²) in [5.41, 5.74) is 1.06. The van der Waals surface area contributed by atoms with Crippen LogP contribution in [0.15, 0.2) is 24.3 Å². The predicted octanol–water partition coefficient (Wildman–Crippen LogP) is 4.60. The van der Waals surface area contributed by atoms with Crippen molar-refractivity contribution >= 4 is 40.5 Å².